The van der Waals surface area contributed by atoms with Crippen LogP contribution in [0.5, 0.6) is 0 Å². The standard InChI is InChI=1S/C8H11ClN2.C2H6/c1-3-6-8(9)5(2)4-7(10)11-6;1-2/h4H,3H2,1-2H3,(H2,10,11);1-2H3. The van der Waals surface area contributed by atoms with E-state index in [1.165, 1.54) is 0 Å². The highest BCUT2D eigenvalue weighted by Gasteiger charge is 2.03. The maximum absolute atomic E-state index is 5.95. The smallest absolute Gasteiger partial charge is 0.123 e. The first-order valence-electron chi connectivity index (χ1n) is 4.56. The molecular formula is C10H17ClN2. The van der Waals surface area contributed by atoms with Gasteiger partial charge in [-0.05, 0) is 25.0 Å². The number of nitrogens with two attached hydrogens (primary N) is 1. The van der Waals surface area contributed by atoms with Gasteiger partial charge >= 0.3 is 0 Å². The summed E-state index contributed by atoms with van der Waals surface area (Å²) in [6.07, 6.45) is 0.824. The van der Waals surface area contributed by atoms with E-state index in [-0.39, 0.29) is 0 Å². The van der Waals surface area contributed by atoms with Gasteiger partial charge in [0.1, 0.15) is 5.82 Å². The third kappa shape index (κ3) is 3.23. The Morgan fingerprint density at radius 3 is 2.46 bits per heavy atom. The molecule has 2 nitrogen and oxygen atoms in total. The zero-order valence-corrected chi connectivity index (χ0v) is 9.44. The highest BCUT2D eigenvalue weighted by Crippen LogP contribution is 2.20. The lowest BCUT2D eigenvalue weighted by molar-refractivity contribution is 1.03. The minimum atomic E-state index is 0.545. The molecule has 0 aliphatic heterocycles. The van der Waals surface area contributed by atoms with Crippen LogP contribution in [0.25, 0.3) is 0 Å². The average Bonchev–Trinajstić information content (AvgIpc) is 2.14. The van der Waals surface area contributed by atoms with Crippen molar-refractivity contribution < 1.29 is 0 Å². The van der Waals surface area contributed by atoms with Crippen LogP contribution in [0, 0.1) is 6.92 Å². The van der Waals surface area contributed by atoms with Crippen LogP contribution in [0.4, 0.5) is 5.82 Å². The molecule has 0 aromatic carbocycles. The quantitative estimate of drug-likeness (QED) is 0.756. The fourth-order valence-electron chi connectivity index (χ4n) is 0.984. The first kappa shape index (κ1) is 12.2. The summed E-state index contributed by atoms with van der Waals surface area (Å²) in [6, 6.07) is 1.78. The van der Waals surface area contributed by atoms with Crippen molar-refractivity contribution in [3.8, 4) is 0 Å². The van der Waals surface area contributed by atoms with Gasteiger partial charge < -0.3 is 5.73 Å². The molecule has 1 heterocycles. The van der Waals surface area contributed by atoms with Crippen molar-refractivity contribution in [1.82, 2.24) is 4.98 Å². The number of hydrogen-bond donors (Lipinski definition) is 1. The number of nitrogens with zero attached hydrogens (tertiary/aromatic N) is 1. The molecule has 0 fully saturated rings. The van der Waals surface area contributed by atoms with Gasteiger partial charge in [-0.2, -0.15) is 0 Å². The molecule has 74 valence electrons. The van der Waals surface area contributed by atoms with Crippen LogP contribution in [0.15, 0.2) is 6.07 Å². The highest BCUT2D eigenvalue weighted by molar-refractivity contribution is 6.32. The second-order valence-corrected chi connectivity index (χ2v) is 2.86. The van der Waals surface area contributed by atoms with E-state index >= 15 is 0 Å². The molecule has 0 amide bonds. The lowest BCUT2D eigenvalue weighted by Gasteiger charge is -2.04. The molecule has 2 N–H and O–H groups in total. The molecule has 0 aliphatic rings. The third-order valence-corrected chi connectivity index (χ3v) is 2.08. The van der Waals surface area contributed by atoms with Crippen molar-refractivity contribution in [2.24, 2.45) is 0 Å². The Kier molecular flexibility index (Phi) is 5.47. The second-order valence-electron chi connectivity index (χ2n) is 2.48. The first-order chi connectivity index (χ1) is 6.15. The number of nitrogen functional groups attached to an aromatic ring is 1. The van der Waals surface area contributed by atoms with Crippen molar-refractivity contribution in [3.63, 3.8) is 0 Å². The number of pyridine rings is 1. The topological polar surface area (TPSA) is 38.9 Å². The Labute approximate surface area is 85.1 Å². The van der Waals surface area contributed by atoms with Gasteiger partial charge in [-0.15, -0.1) is 0 Å². The Hall–Kier alpha value is -0.760. The molecule has 0 aliphatic carbocycles. The minimum absolute atomic E-state index is 0.545. The van der Waals surface area contributed by atoms with Crippen molar-refractivity contribution in [1.29, 1.82) is 0 Å². The second kappa shape index (κ2) is 5.81. The van der Waals surface area contributed by atoms with Gasteiger partial charge in [0.15, 0.2) is 0 Å². The summed E-state index contributed by atoms with van der Waals surface area (Å²) in [4.78, 5) is 4.10. The summed E-state index contributed by atoms with van der Waals surface area (Å²) in [6.45, 7) is 7.94. The van der Waals surface area contributed by atoms with Crippen molar-refractivity contribution in [3.05, 3.63) is 22.3 Å². The van der Waals surface area contributed by atoms with Gasteiger partial charge in [0.2, 0.25) is 0 Å². The molecule has 1 rings (SSSR count). The minimum Gasteiger partial charge on any atom is -0.384 e. The Bertz CT molecular complexity index is 272. The monoisotopic (exact) mass is 200 g/mol. The number of hydrogen-bond acceptors (Lipinski definition) is 2. The lowest BCUT2D eigenvalue weighted by Crippen LogP contribution is -1.97. The number of rotatable bonds is 1. The number of halogens is 1. The molecule has 0 saturated carbocycles. The molecule has 1 aromatic rings. The van der Waals surface area contributed by atoms with Gasteiger partial charge in [0.05, 0.1) is 10.7 Å². The van der Waals surface area contributed by atoms with Gasteiger partial charge in [0, 0.05) is 0 Å². The van der Waals surface area contributed by atoms with Crippen LogP contribution in [-0.2, 0) is 6.42 Å². The van der Waals surface area contributed by atoms with E-state index in [2.05, 4.69) is 4.98 Å². The molecule has 3 heteroatoms. The molecule has 0 atom stereocenters. The van der Waals surface area contributed by atoms with Crippen LogP contribution in [0.1, 0.15) is 32.0 Å². The normalized spacial score (nSPS) is 9.00. The van der Waals surface area contributed by atoms with E-state index in [1.807, 2.05) is 27.7 Å². The molecule has 0 bridgehead atoms. The summed E-state index contributed by atoms with van der Waals surface area (Å²) in [7, 11) is 0. The van der Waals surface area contributed by atoms with E-state index in [1.54, 1.807) is 6.07 Å². The van der Waals surface area contributed by atoms with Crippen LogP contribution < -0.4 is 5.73 Å². The molecule has 0 saturated heterocycles. The van der Waals surface area contributed by atoms with E-state index in [0.29, 0.717) is 5.82 Å². The summed E-state index contributed by atoms with van der Waals surface area (Å²) in [5, 5.41) is 0.738. The Balaban J connectivity index is 0.000000671. The molecule has 0 spiro atoms. The molecule has 1 aromatic heterocycles. The number of anilines is 1. The zero-order chi connectivity index (χ0) is 10.4. The SMILES string of the molecule is CC.CCc1nc(N)cc(C)c1Cl. The summed E-state index contributed by atoms with van der Waals surface area (Å²) >= 11 is 5.95. The fraction of sp³-hybridized carbons (Fsp3) is 0.500. The highest BCUT2D eigenvalue weighted by atomic mass is 35.5. The van der Waals surface area contributed by atoms with Gasteiger partial charge in [0.25, 0.3) is 0 Å². The number of aryl methyl sites for hydroxylation is 2. The Morgan fingerprint density at radius 2 is 2.00 bits per heavy atom. The molecule has 13 heavy (non-hydrogen) atoms. The molecule has 0 unspecified atom stereocenters. The summed E-state index contributed by atoms with van der Waals surface area (Å²) < 4.78 is 0. The summed E-state index contributed by atoms with van der Waals surface area (Å²) in [5.41, 5.74) is 7.41. The first-order valence-corrected chi connectivity index (χ1v) is 4.94. The fourth-order valence-corrected chi connectivity index (χ4v) is 1.21. The molecule has 0 radical (unpaired) electrons. The van der Waals surface area contributed by atoms with E-state index in [9.17, 15) is 0 Å². The maximum atomic E-state index is 5.95. The van der Waals surface area contributed by atoms with E-state index < -0.39 is 0 Å². The summed E-state index contributed by atoms with van der Waals surface area (Å²) in [5.74, 6) is 0.545. The van der Waals surface area contributed by atoms with Crippen LogP contribution in [0.3, 0.4) is 0 Å². The Morgan fingerprint density at radius 1 is 1.46 bits per heavy atom. The average molecular weight is 201 g/mol. The number of aromatic nitrogens is 1. The van der Waals surface area contributed by atoms with Crippen molar-refractivity contribution in [2.75, 3.05) is 5.73 Å². The van der Waals surface area contributed by atoms with E-state index in [0.717, 1.165) is 22.7 Å². The van der Waals surface area contributed by atoms with Crippen LogP contribution in [0.2, 0.25) is 5.02 Å². The van der Waals surface area contributed by atoms with Gasteiger partial charge in [-0.1, -0.05) is 32.4 Å². The van der Waals surface area contributed by atoms with Crippen LogP contribution in [-0.4, -0.2) is 4.98 Å². The third-order valence-electron chi connectivity index (χ3n) is 1.56. The predicted octanol–water partition coefficient (Wildman–Crippen LogP) is 3.21. The molecular weight excluding hydrogens is 184 g/mol. The lowest BCUT2D eigenvalue weighted by atomic mass is 10.2. The predicted molar refractivity (Wildman–Crippen MR) is 59.1 cm³/mol. The largest absolute Gasteiger partial charge is 0.384 e. The van der Waals surface area contributed by atoms with E-state index in [4.69, 9.17) is 17.3 Å². The zero-order valence-electron chi connectivity index (χ0n) is 8.69. The van der Waals surface area contributed by atoms with Crippen molar-refractivity contribution in [2.45, 2.75) is 34.1 Å². The van der Waals surface area contributed by atoms with Gasteiger partial charge in [-0.3, -0.25) is 0 Å². The van der Waals surface area contributed by atoms with Gasteiger partial charge in [-0.25, -0.2) is 4.98 Å². The van der Waals surface area contributed by atoms with Crippen molar-refractivity contribution >= 4 is 17.4 Å². The van der Waals surface area contributed by atoms with Crippen LogP contribution >= 0.6 is 11.6 Å². The maximum Gasteiger partial charge on any atom is 0.123 e.